The van der Waals surface area contributed by atoms with Gasteiger partial charge in [0.25, 0.3) is 0 Å². The number of phenolic OH excluding ortho intramolecular Hbond substituents is 1. The van der Waals surface area contributed by atoms with E-state index in [2.05, 4.69) is 5.32 Å². The third-order valence-corrected chi connectivity index (χ3v) is 4.20. The number of benzene rings is 2. The highest BCUT2D eigenvalue weighted by molar-refractivity contribution is 5.90. The Bertz CT molecular complexity index is 705. The van der Waals surface area contributed by atoms with E-state index in [-0.39, 0.29) is 5.91 Å². The van der Waals surface area contributed by atoms with Crippen LogP contribution in [0.1, 0.15) is 63.3 Å². The van der Waals surface area contributed by atoms with Crippen LogP contribution < -0.4 is 10.1 Å². The predicted octanol–water partition coefficient (Wildman–Crippen LogP) is 6.82. The van der Waals surface area contributed by atoms with Crippen molar-refractivity contribution in [2.45, 2.75) is 68.7 Å². The van der Waals surface area contributed by atoms with Crippen molar-refractivity contribution in [3.05, 3.63) is 46.5 Å². The van der Waals surface area contributed by atoms with Crippen molar-refractivity contribution >= 4 is 11.6 Å². The van der Waals surface area contributed by atoms with Gasteiger partial charge in [-0.25, -0.2) is 0 Å². The summed E-state index contributed by atoms with van der Waals surface area (Å²) in [5.74, 6) is 1.76. The van der Waals surface area contributed by atoms with Crippen LogP contribution in [0.15, 0.2) is 24.3 Å². The quantitative estimate of drug-likeness (QED) is 0.618. The second kappa shape index (κ2) is 12.0. The zero-order valence-electron chi connectivity index (χ0n) is 18.3. The molecule has 0 aliphatic heterocycles. The van der Waals surface area contributed by atoms with E-state index in [1.54, 1.807) is 0 Å². The minimum absolute atomic E-state index is 0.0184. The van der Waals surface area contributed by atoms with E-state index < -0.39 is 0 Å². The molecule has 0 spiro atoms. The molecule has 0 radical (unpaired) electrons. The molecule has 4 nitrogen and oxygen atoms in total. The van der Waals surface area contributed by atoms with Crippen LogP contribution in [-0.2, 0) is 4.79 Å². The number of hydrogen-bond donors (Lipinski definition) is 2. The SMILES string of the molecule is CC.CC.CCC(=O)Nc1ccc(Oc2c(C)c(C)c(O)c(C)c2C)cc1. The molecule has 0 unspecified atom stereocenters. The third kappa shape index (κ3) is 6.31. The number of rotatable bonds is 4. The number of carbonyl (C=O) groups excluding carboxylic acids is 1. The number of hydrogen-bond acceptors (Lipinski definition) is 3. The van der Waals surface area contributed by atoms with Crippen molar-refractivity contribution in [3.63, 3.8) is 0 Å². The highest BCUT2D eigenvalue weighted by Gasteiger charge is 2.15. The van der Waals surface area contributed by atoms with Crippen molar-refractivity contribution in [3.8, 4) is 17.2 Å². The van der Waals surface area contributed by atoms with Crippen molar-refractivity contribution in [1.29, 1.82) is 0 Å². The molecule has 2 N–H and O–H groups in total. The number of phenols is 1. The van der Waals surface area contributed by atoms with Gasteiger partial charge in [0, 0.05) is 12.1 Å². The first kappa shape index (κ1) is 24.5. The Morgan fingerprint density at radius 3 is 1.74 bits per heavy atom. The molecule has 2 rings (SSSR count). The largest absolute Gasteiger partial charge is 0.507 e. The lowest BCUT2D eigenvalue weighted by Crippen LogP contribution is -2.09. The molecule has 0 saturated heterocycles. The van der Waals surface area contributed by atoms with Crippen LogP contribution in [0.2, 0.25) is 0 Å². The molecular formula is C23H35NO3. The fourth-order valence-electron chi connectivity index (χ4n) is 2.38. The van der Waals surface area contributed by atoms with E-state index in [0.717, 1.165) is 33.7 Å². The fraction of sp³-hybridized carbons (Fsp3) is 0.435. The van der Waals surface area contributed by atoms with E-state index in [9.17, 15) is 9.90 Å². The first-order valence-electron chi connectivity index (χ1n) is 9.72. The first-order chi connectivity index (χ1) is 12.8. The maximum Gasteiger partial charge on any atom is 0.224 e. The maximum absolute atomic E-state index is 11.4. The minimum Gasteiger partial charge on any atom is -0.507 e. The molecule has 0 bridgehead atoms. The summed E-state index contributed by atoms with van der Waals surface area (Å²) in [5, 5.41) is 12.9. The average molecular weight is 374 g/mol. The molecule has 150 valence electrons. The van der Waals surface area contributed by atoms with E-state index in [4.69, 9.17) is 4.74 Å². The molecule has 1 amide bonds. The van der Waals surface area contributed by atoms with Crippen molar-refractivity contribution < 1.29 is 14.6 Å². The van der Waals surface area contributed by atoms with Crippen LogP contribution in [0.25, 0.3) is 0 Å². The second-order valence-corrected chi connectivity index (χ2v) is 5.71. The monoisotopic (exact) mass is 373 g/mol. The molecule has 0 aromatic heterocycles. The molecule has 0 aliphatic carbocycles. The summed E-state index contributed by atoms with van der Waals surface area (Å²) < 4.78 is 6.02. The summed E-state index contributed by atoms with van der Waals surface area (Å²) >= 11 is 0. The summed E-state index contributed by atoms with van der Waals surface area (Å²) in [6.07, 6.45) is 0.447. The summed E-state index contributed by atoms with van der Waals surface area (Å²) in [6, 6.07) is 7.27. The van der Waals surface area contributed by atoms with Gasteiger partial charge in [-0.3, -0.25) is 4.79 Å². The van der Waals surface area contributed by atoms with E-state index in [1.807, 2.05) is 86.6 Å². The highest BCUT2D eigenvalue weighted by atomic mass is 16.5. The minimum atomic E-state index is -0.0184. The van der Waals surface area contributed by atoms with Gasteiger partial charge in [-0.1, -0.05) is 34.6 Å². The first-order valence-corrected chi connectivity index (χ1v) is 9.72. The Labute approximate surface area is 164 Å². The summed E-state index contributed by atoms with van der Waals surface area (Å²) in [7, 11) is 0. The van der Waals surface area contributed by atoms with Crippen molar-refractivity contribution in [2.24, 2.45) is 0 Å². The van der Waals surface area contributed by atoms with E-state index in [0.29, 0.717) is 17.9 Å². The van der Waals surface area contributed by atoms with Crippen molar-refractivity contribution in [2.75, 3.05) is 5.32 Å². The van der Waals surface area contributed by atoms with Gasteiger partial charge < -0.3 is 15.2 Å². The maximum atomic E-state index is 11.4. The second-order valence-electron chi connectivity index (χ2n) is 5.71. The molecular weight excluding hydrogens is 338 g/mol. The van der Waals surface area contributed by atoms with Crippen LogP contribution in [0.5, 0.6) is 17.2 Å². The van der Waals surface area contributed by atoms with E-state index >= 15 is 0 Å². The molecule has 4 heteroatoms. The molecule has 0 fully saturated rings. The summed E-state index contributed by atoms with van der Waals surface area (Å²) in [4.78, 5) is 11.4. The normalized spacial score (nSPS) is 9.37. The lowest BCUT2D eigenvalue weighted by atomic mass is 9.98. The topological polar surface area (TPSA) is 58.6 Å². The Kier molecular flexibility index (Phi) is 10.9. The number of anilines is 1. The Morgan fingerprint density at radius 2 is 1.33 bits per heavy atom. The van der Waals surface area contributed by atoms with Gasteiger partial charge in [-0.2, -0.15) is 0 Å². The molecule has 2 aromatic carbocycles. The lowest BCUT2D eigenvalue weighted by molar-refractivity contribution is -0.115. The number of carbonyl (C=O) groups is 1. The smallest absolute Gasteiger partial charge is 0.224 e. The number of amides is 1. The van der Waals surface area contributed by atoms with Crippen molar-refractivity contribution in [1.82, 2.24) is 0 Å². The van der Waals surface area contributed by atoms with Crippen LogP contribution >= 0.6 is 0 Å². The third-order valence-electron chi connectivity index (χ3n) is 4.20. The molecule has 27 heavy (non-hydrogen) atoms. The summed E-state index contributed by atoms with van der Waals surface area (Å²) in [6.45, 7) is 17.5. The zero-order chi connectivity index (χ0) is 21.1. The Hall–Kier alpha value is -2.49. The molecule has 0 heterocycles. The van der Waals surface area contributed by atoms with Gasteiger partial charge in [0.15, 0.2) is 0 Å². The Morgan fingerprint density at radius 1 is 0.889 bits per heavy atom. The van der Waals surface area contributed by atoms with Gasteiger partial charge in [0.2, 0.25) is 5.91 Å². The highest BCUT2D eigenvalue weighted by Crippen LogP contribution is 2.38. The molecule has 0 saturated carbocycles. The van der Waals surface area contributed by atoms with Gasteiger partial charge >= 0.3 is 0 Å². The zero-order valence-corrected chi connectivity index (χ0v) is 18.3. The number of ether oxygens (including phenoxy) is 1. The molecule has 2 aromatic rings. The Balaban J connectivity index is 0.00000158. The number of aromatic hydroxyl groups is 1. The molecule has 0 aliphatic rings. The van der Waals surface area contributed by atoms with Crippen LogP contribution in [-0.4, -0.2) is 11.0 Å². The molecule has 0 atom stereocenters. The predicted molar refractivity (Wildman–Crippen MR) is 115 cm³/mol. The van der Waals surface area contributed by atoms with Gasteiger partial charge in [0.05, 0.1) is 0 Å². The standard InChI is InChI=1S/C19H23NO3.2C2H6/c1-6-17(21)20-15-7-9-16(10-8-15)23-19-13(4)11(2)18(22)12(3)14(19)5;2*1-2/h7-10,22H,6H2,1-5H3,(H,20,21);2*1-2H3. The van der Waals surface area contributed by atoms with E-state index in [1.165, 1.54) is 0 Å². The average Bonchev–Trinajstić information content (AvgIpc) is 2.72. The van der Waals surface area contributed by atoms with Crippen LogP contribution in [0.3, 0.4) is 0 Å². The number of nitrogens with one attached hydrogen (secondary N) is 1. The lowest BCUT2D eigenvalue weighted by Gasteiger charge is -2.18. The summed E-state index contributed by atoms with van der Waals surface area (Å²) in [5.41, 5.74) is 4.25. The van der Waals surface area contributed by atoms with Gasteiger partial charge in [0.1, 0.15) is 17.2 Å². The van der Waals surface area contributed by atoms with Gasteiger partial charge in [-0.05, 0) is 74.2 Å². The van der Waals surface area contributed by atoms with Crippen LogP contribution in [0, 0.1) is 27.7 Å². The van der Waals surface area contributed by atoms with Crippen LogP contribution in [0.4, 0.5) is 5.69 Å². The fourth-order valence-corrected chi connectivity index (χ4v) is 2.38. The van der Waals surface area contributed by atoms with Gasteiger partial charge in [-0.15, -0.1) is 0 Å².